The minimum atomic E-state index is -0.181. The molecule has 0 spiro atoms. The third-order valence-electron chi connectivity index (χ3n) is 3.49. The Morgan fingerprint density at radius 2 is 2.16 bits per heavy atom. The first-order chi connectivity index (χ1) is 11.9. The van der Waals surface area contributed by atoms with Crippen LogP contribution in [0.3, 0.4) is 0 Å². The van der Waals surface area contributed by atoms with E-state index in [4.69, 9.17) is 4.74 Å². The third-order valence-corrected chi connectivity index (χ3v) is 5.05. The van der Waals surface area contributed by atoms with Gasteiger partial charge in [0.15, 0.2) is 5.16 Å². The topological polar surface area (TPSA) is 61.2 Å². The summed E-state index contributed by atoms with van der Waals surface area (Å²) >= 11 is 4.93. The highest BCUT2D eigenvalue weighted by atomic mass is 79.9. The van der Waals surface area contributed by atoms with Gasteiger partial charge in [0.05, 0.1) is 17.5 Å². The number of carbonyl (C=O) groups is 1. The molecule has 25 heavy (non-hydrogen) atoms. The molecule has 136 valence electrons. The van der Waals surface area contributed by atoms with Crippen molar-refractivity contribution in [3.63, 3.8) is 0 Å². The molecule has 2 aromatic rings. The number of thioether (sulfide) groups is 1. The minimum Gasteiger partial charge on any atom is -0.466 e. The average molecular weight is 427 g/mol. The molecule has 1 aromatic carbocycles. The number of fused-ring (bicyclic) bond motifs is 1. The Kier molecular flexibility index (Phi) is 7.50. The van der Waals surface area contributed by atoms with Crippen LogP contribution in [0.25, 0.3) is 10.9 Å². The number of carbonyl (C=O) groups excluding carboxylic acids is 1. The van der Waals surface area contributed by atoms with Gasteiger partial charge in [-0.2, -0.15) is 0 Å². The van der Waals surface area contributed by atoms with Crippen molar-refractivity contribution in [2.75, 3.05) is 12.4 Å². The van der Waals surface area contributed by atoms with Crippen LogP contribution in [0.2, 0.25) is 0 Å². The molecular weight excluding hydrogens is 404 g/mol. The second-order valence-electron chi connectivity index (χ2n) is 6.12. The monoisotopic (exact) mass is 426 g/mol. The molecule has 0 fully saturated rings. The summed E-state index contributed by atoms with van der Waals surface area (Å²) in [5.74, 6) is 0.868. The Morgan fingerprint density at radius 1 is 1.40 bits per heavy atom. The Labute approximate surface area is 160 Å². The molecule has 0 bridgehead atoms. The number of esters is 1. The molecule has 0 amide bonds. The lowest BCUT2D eigenvalue weighted by molar-refractivity contribution is -0.143. The van der Waals surface area contributed by atoms with Gasteiger partial charge in [-0.05, 0) is 37.5 Å². The Morgan fingerprint density at radius 3 is 2.84 bits per heavy atom. The van der Waals surface area contributed by atoms with Crippen LogP contribution in [0.15, 0.2) is 32.6 Å². The number of hydrogen-bond donors (Lipinski definition) is 0. The normalized spacial score (nSPS) is 11.2. The number of nitrogens with zero attached hydrogens (tertiary/aromatic N) is 2. The molecule has 1 heterocycles. The highest BCUT2D eigenvalue weighted by molar-refractivity contribution is 9.10. The van der Waals surface area contributed by atoms with Crippen molar-refractivity contribution >= 4 is 44.6 Å². The van der Waals surface area contributed by atoms with Crippen LogP contribution in [-0.2, 0) is 16.1 Å². The van der Waals surface area contributed by atoms with Crippen LogP contribution in [0, 0.1) is 5.92 Å². The summed E-state index contributed by atoms with van der Waals surface area (Å²) in [4.78, 5) is 29.0. The molecule has 0 unspecified atom stereocenters. The molecular formula is C18H23BrN2O3S. The lowest BCUT2D eigenvalue weighted by Gasteiger charge is -2.15. The van der Waals surface area contributed by atoms with Gasteiger partial charge in [-0.25, -0.2) is 4.98 Å². The molecule has 0 aliphatic rings. The predicted molar refractivity (Wildman–Crippen MR) is 105 cm³/mol. The van der Waals surface area contributed by atoms with Gasteiger partial charge in [-0.3, -0.25) is 14.2 Å². The van der Waals surface area contributed by atoms with Crippen molar-refractivity contribution < 1.29 is 9.53 Å². The lowest BCUT2D eigenvalue weighted by Crippen LogP contribution is -2.25. The summed E-state index contributed by atoms with van der Waals surface area (Å²) in [6, 6.07) is 5.55. The number of hydrogen-bond acceptors (Lipinski definition) is 5. The number of rotatable bonds is 8. The van der Waals surface area contributed by atoms with Crippen LogP contribution < -0.4 is 5.56 Å². The lowest BCUT2D eigenvalue weighted by atomic mass is 10.2. The van der Waals surface area contributed by atoms with E-state index in [9.17, 15) is 9.59 Å². The van der Waals surface area contributed by atoms with Crippen LogP contribution in [0.5, 0.6) is 0 Å². The summed E-state index contributed by atoms with van der Waals surface area (Å²) < 4.78 is 7.55. The number of aromatic nitrogens is 2. The van der Waals surface area contributed by atoms with E-state index in [0.717, 1.165) is 4.47 Å². The van der Waals surface area contributed by atoms with Crippen LogP contribution >= 0.6 is 27.7 Å². The zero-order valence-electron chi connectivity index (χ0n) is 14.8. The Bertz CT molecular complexity index is 805. The van der Waals surface area contributed by atoms with Gasteiger partial charge in [-0.1, -0.05) is 41.5 Å². The molecule has 0 radical (unpaired) electrons. The fourth-order valence-electron chi connectivity index (χ4n) is 2.42. The van der Waals surface area contributed by atoms with E-state index in [1.165, 1.54) is 11.8 Å². The smallest absolute Gasteiger partial charge is 0.305 e. The van der Waals surface area contributed by atoms with Crippen LogP contribution in [0.4, 0.5) is 0 Å². The molecule has 0 N–H and O–H groups in total. The quantitative estimate of drug-likeness (QED) is 0.273. The maximum atomic E-state index is 12.9. The van der Waals surface area contributed by atoms with Crippen molar-refractivity contribution in [2.24, 2.45) is 5.92 Å². The predicted octanol–water partition coefficient (Wildman–Crippen LogP) is 4.25. The summed E-state index contributed by atoms with van der Waals surface area (Å²) in [5, 5.41) is 1.32. The molecule has 0 atom stereocenters. The van der Waals surface area contributed by atoms with E-state index in [-0.39, 0.29) is 11.5 Å². The highest BCUT2D eigenvalue weighted by Crippen LogP contribution is 2.22. The average Bonchev–Trinajstić information content (AvgIpc) is 2.55. The number of ether oxygens (including phenoxy) is 1. The standard InChI is InChI=1S/C18H23BrN2O3S/c1-4-24-16(22)6-5-9-25-18-20-15-8-7-13(19)10-14(15)17(23)21(18)11-12(2)3/h7-8,10,12H,4-6,9,11H2,1-3H3. The minimum absolute atomic E-state index is 0.0205. The van der Waals surface area contributed by atoms with E-state index in [0.29, 0.717) is 53.7 Å². The second-order valence-corrected chi connectivity index (χ2v) is 8.10. The van der Waals surface area contributed by atoms with Gasteiger partial charge in [0.25, 0.3) is 5.56 Å². The summed E-state index contributed by atoms with van der Waals surface area (Å²) in [6.07, 6.45) is 1.08. The van der Waals surface area contributed by atoms with Gasteiger partial charge in [-0.15, -0.1) is 0 Å². The SMILES string of the molecule is CCOC(=O)CCCSc1nc2ccc(Br)cc2c(=O)n1CC(C)C. The van der Waals surface area contributed by atoms with Crippen molar-refractivity contribution in [1.82, 2.24) is 9.55 Å². The number of benzene rings is 1. The molecule has 0 saturated carbocycles. The van der Waals surface area contributed by atoms with E-state index < -0.39 is 0 Å². The molecule has 1 aromatic heterocycles. The second kappa shape index (κ2) is 9.38. The van der Waals surface area contributed by atoms with Crippen molar-refractivity contribution in [1.29, 1.82) is 0 Å². The third kappa shape index (κ3) is 5.57. The first kappa shape index (κ1) is 20.0. The molecule has 7 heteroatoms. The van der Waals surface area contributed by atoms with Gasteiger partial charge in [0, 0.05) is 23.2 Å². The van der Waals surface area contributed by atoms with Crippen molar-refractivity contribution in [3.05, 3.63) is 33.0 Å². The molecule has 5 nitrogen and oxygen atoms in total. The largest absolute Gasteiger partial charge is 0.466 e. The molecule has 2 rings (SSSR count). The Hall–Kier alpha value is -1.34. The van der Waals surface area contributed by atoms with Gasteiger partial charge in [0.1, 0.15) is 0 Å². The molecule has 0 aliphatic carbocycles. The van der Waals surface area contributed by atoms with Crippen molar-refractivity contribution in [3.8, 4) is 0 Å². The van der Waals surface area contributed by atoms with Gasteiger partial charge >= 0.3 is 5.97 Å². The van der Waals surface area contributed by atoms with E-state index in [1.807, 2.05) is 18.2 Å². The summed E-state index contributed by atoms with van der Waals surface area (Å²) in [6.45, 7) is 6.98. The summed E-state index contributed by atoms with van der Waals surface area (Å²) in [5.41, 5.74) is 0.675. The molecule has 0 saturated heterocycles. The highest BCUT2D eigenvalue weighted by Gasteiger charge is 2.13. The van der Waals surface area contributed by atoms with Gasteiger partial charge < -0.3 is 4.74 Å². The fourth-order valence-corrected chi connectivity index (χ4v) is 3.73. The zero-order chi connectivity index (χ0) is 18.4. The van der Waals surface area contributed by atoms with Gasteiger partial charge in [0.2, 0.25) is 0 Å². The molecule has 0 aliphatic heterocycles. The first-order valence-corrected chi connectivity index (χ1v) is 10.2. The first-order valence-electron chi connectivity index (χ1n) is 8.41. The van der Waals surface area contributed by atoms with Crippen LogP contribution in [-0.4, -0.2) is 27.9 Å². The van der Waals surface area contributed by atoms with Crippen molar-refractivity contribution in [2.45, 2.75) is 45.3 Å². The van der Waals surface area contributed by atoms with Crippen LogP contribution in [0.1, 0.15) is 33.6 Å². The van der Waals surface area contributed by atoms with E-state index in [1.54, 1.807) is 11.5 Å². The zero-order valence-corrected chi connectivity index (χ0v) is 17.2. The van der Waals surface area contributed by atoms with E-state index in [2.05, 4.69) is 34.8 Å². The fraction of sp³-hybridized carbons (Fsp3) is 0.500. The summed E-state index contributed by atoms with van der Waals surface area (Å²) in [7, 11) is 0. The van der Waals surface area contributed by atoms with E-state index >= 15 is 0 Å². The maximum absolute atomic E-state index is 12.9. The maximum Gasteiger partial charge on any atom is 0.305 e. The number of halogens is 1. The Balaban J connectivity index is 2.23.